The van der Waals surface area contributed by atoms with Gasteiger partial charge in [-0.1, -0.05) is 41.9 Å². The van der Waals surface area contributed by atoms with Crippen molar-refractivity contribution < 1.29 is 9.13 Å². The van der Waals surface area contributed by atoms with Gasteiger partial charge in [0.2, 0.25) is 0 Å². The predicted molar refractivity (Wildman–Crippen MR) is 70.3 cm³/mol. The van der Waals surface area contributed by atoms with Gasteiger partial charge < -0.3 is 4.74 Å². The van der Waals surface area contributed by atoms with E-state index in [1.165, 1.54) is 6.07 Å². The number of fused-ring (bicyclic) bond motifs is 1. The fraction of sp³-hybridized carbons (Fsp3) is 0.0667. The van der Waals surface area contributed by atoms with Crippen LogP contribution < -0.4 is 4.74 Å². The van der Waals surface area contributed by atoms with Crippen LogP contribution in [0.3, 0.4) is 0 Å². The highest BCUT2D eigenvalue weighted by molar-refractivity contribution is 6.30. The molecule has 0 saturated carbocycles. The van der Waals surface area contributed by atoms with E-state index in [1.54, 1.807) is 12.1 Å². The molecule has 0 spiro atoms. The number of halogens is 2. The fourth-order valence-corrected chi connectivity index (χ4v) is 2.15. The first-order valence-electron chi connectivity index (χ1n) is 5.63. The number of hydrogen-bond donors (Lipinski definition) is 0. The van der Waals surface area contributed by atoms with Gasteiger partial charge in [0, 0.05) is 5.56 Å². The van der Waals surface area contributed by atoms with E-state index in [1.807, 2.05) is 36.4 Å². The molecular weight excluding hydrogens is 251 g/mol. The zero-order valence-electron chi connectivity index (χ0n) is 9.44. The number of ether oxygens (including phenoxy) is 1. The standard InChI is InChI=1S/C15H10ClFO/c16-12-9-11(5-7-13(12)17)15-8-6-10-3-1-2-4-14(10)18-15/h1-9,15H. The van der Waals surface area contributed by atoms with Gasteiger partial charge in [0.05, 0.1) is 5.02 Å². The summed E-state index contributed by atoms with van der Waals surface area (Å²) in [5.41, 5.74) is 1.88. The lowest BCUT2D eigenvalue weighted by Crippen LogP contribution is -2.08. The molecule has 2 aromatic carbocycles. The predicted octanol–water partition coefficient (Wildman–Crippen LogP) is 4.63. The molecule has 1 aliphatic heterocycles. The molecule has 3 rings (SSSR count). The smallest absolute Gasteiger partial charge is 0.142 e. The molecule has 0 radical (unpaired) electrons. The first-order chi connectivity index (χ1) is 8.74. The summed E-state index contributed by atoms with van der Waals surface area (Å²) in [6.45, 7) is 0. The highest BCUT2D eigenvalue weighted by atomic mass is 35.5. The average molecular weight is 261 g/mol. The number of para-hydroxylation sites is 1. The third-order valence-corrected chi connectivity index (χ3v) is 3.19. The summed E-state index contributed by atoms with van der Waals surface area (Å²) in [5.74, 6) is 0.408. The molecule has 0 N–H and O–H groups in total. The molecule has 0 fully saturated rings. The second-order valence-electron chi connectivity index (χ2n) is 4.11. The Morgan fingerprint density at radius 1 is 1.11 bits per heavy atom. The van der Waals surface area contributed by atoms with Gasteiger partial charge in [0.1, 0.15) is 17.7 Å². The molecule has 0 aliphatic carbocycles. The van der Waals surface area contributed by atoms with Crippen molar-refractivity contribution in [2.75, 3.05) is 0 Å². The molecule has 0 bridgehead atoms. The molecule has 1 aliphatic rings. The van der Waals surface area contributed by atoms with Gasteiger partial charge in [-0.2, -0.15) is 0 Å². The van der Waals surface area contributed by atoms with E-state index in [0.29, 0.717) is 0 Å². The van der Waals surface area contributed by atoms with Crippen LogP contribution in [0, 0.1) is 5.82 Å². The minimum absolute atomic E-state index is 0.114. The molecule has 1 atom stereocenters. The Morgan fingerprint density at radius 2 is 1.94 bits per heavy atom. The first kappa shape index (κ1) is 11.3. The summed E-state index contributed by atoms with van der Waals surface area (Å²) in [4.78, 5) is 0. The zero-order valence-corrected chi connectivity index (χ0v) is 10.2. The van der Waals surface area contributed by atoms with Crippen molar-refractivity contribution in [1.29, 1.82) is 0 Å². The van der Waals surface area contributed by atoms with Crippen LogP contribution in [0.1, 0.15) is 17.2 Å². The van der Waals surface area contributed by atoms with Crippen LogP contribution in [0.5, 0.6) is 5.75 Å². The third kappa shape index (κ3) is 2.00. The summed E-state index contributed by atoms with van der Waals surface area (Å²) < 4.78 is 19.0. The van der Waals surface area contributed by atoms with Crippen molar-refractivity contribution in [3.8, 4) is 5.75 Å². The molecule has 0 saturated heterocycles. The molecule has 2 aromatic rings. The van der Waals surface area contributed by atoms with Crippen LogP contribution >= 0.6 is 11.6 Å². The lowest BCUT2D eigenvalue weighted by molar-refractivity contribution is 0.251. The van der Waals surface area contributed by atoms with Crippen molar-refractivity contribution in [1.82, 2.24) is 0 Å². The van der Waals surface area contributed by atoms with E-state index >= 15 is 0 Å². The molecule has 18 heavy (non-hydrogen) atoms. The lowest BCUT2D eigenvalue weighted by atomic mass is 10.0. The maximum Gasteiger partial charge on any atom is 0.142 e. The van der Waals surface area contributed by atoms with E-state index in [4.69, 9.17) is 16.3 Å². The van der Waals surface area contributed by atoms with Gasteiger partial charge >= 0.3 is 0 Å². The Bertz CT molecular complexity index is 622. The van der Waals surface area contributed by atoms with Gasteiger partial charge in [-0.05, 0) is 29.8 Å². The van der Waals surface area contributed by atoms with Crippen LogP contribution in [0.15, 0.2) is 48.5 Å². The largest absolute Gasteiger partial charge is 0.481 e. The second-order valence-corrected chi connectivity index (χ2v) is 4.52. The summed E-state index contributed by atoms with van der Waals surface area (Å²) in [6, 6.07) is 12.4. The minimum Gasteiger partial charge on any atom is -0.481 e. The van der Waals surface area contributed by atoms with Crippen molar-refractivity contribution in [3.63, 3.8) is 0 Å². The molecular formula is C15H10ClFO. The Hall–Kier alpha value is -1.80. The van der Waals surface area contributed by atoms with Crippen molar-refractivity contribution in [2.45, 2.75) is 6.10 Å². The van der Waals surface area contributed by atoms with Gasteiger partial charge in [-0.15, -0.1) is 0 Å². The van der Waals surface area contributed by atoms with Gasteiger partial charge in [-0.3, -0.25) is 0 Å². The molecule has 1 unspecified atom stereocenters. The van der Waals surface area contributed by atoms with Gasteiger partial charge in [0.15, 0.2) is 0 Å². The third-order valence-electron chi connectivity index (χ3n) is 2.90. The first-order valence-corrected chi connectivity index (χ1v) is 6.01. The van der Waals surface area contributed by atoms with Crippen molar-refractivity contribution >= 4 is 17.7 Å². The Labute approximate surface area is 109 Å². The molecule has 0 aromatic heterocycles. The van der Waals surface area contributed by atoms with E-state index in [2.05, 4.69) is 0 Å². The number of rotatable bonds is 1. The summed E-state index contributed by atoms with van der Waals surface area (Å²) in [7, 11) is 0. The van der Waals surface area contributed by atoms with Crippen molar-refractivity contribution in [3.05, 3.63) is 70.5 Å². The van der Waals surface area contributed by atoms with Crippen LogP contribution in [-0.4, -0.2) is 0 Å². The van der Waals surface area contributed by atoms with Crippen LogP contribution in [-0.2, 0) is 0 Å². The highest BCUT2D eigenvalue weighted by Crippen LogP contribution is 2.33. The number of benzene rings is 2. The quantitative estimate of drug-likeness (QED) is 0.727. The Balaban J connectivity index is 1.94. The normalized spacial score (nSPS) is 17.1. The SMILES string of the molecule is Fc1ccc(C2C=Cc3ccccc3O2)cc1Cl. The van der Waals surface area contributed by atoms with Crippen molar-refractivity contribution in [2.24, 2.45) is 0 Å². The topological polar surface area (TPSA) is 9.23 Å². The monoisotopic (exact) mass is 260 g/mol. The maximum absolute atomic E-state index is 13.1. The van der Waals surface area contributed by atoms with E-state index in [9.17, 15) is 4.39 Å². The van der Waals surface area contributed by atoms with Crippen LogP contribution in [0.2, 0.25) is 5.02 Å². The van der Waals surface area contributed by atoms with Gasteiger partial charge in [0.25, 0.3) is 0 Å². The van der Waals surface area contributed by atoms with E-state index in [0.717, 1.165) is 16.9 Å². The number of hydrogen-bond acceptors (Lipinski definition) is 1. The second kappa shape index (κ2) is 4.46. The molecule has 1 heterocycles. The summed E-state index contributed by atoms with van der Waals surface area (Å²) in [6.07, 6.45) is 3.71. The molecule has 1 nitrogen and oxygen atoms in total. The summed E-state index contributed by atoms with van der Waals surface area (Å²) in [5, 5.41) is 0.114. The Kier molecular flexibility index (Phi) is 2.80. The van der Waals surface area contributed by atoms with Crippen LogP contribution in [0.25, 0.3) is 6.08 Å². The molecule has 3 heteroatoms. The van der Waals surface area contributed by atoms with E-state index in [-0.39, 0.29) is 11.1 Å². The average Bonchev–Trinajstić information content (AvgIpc) is 2.41. The lowest BCUT2D eigenvalue weighted by Gasteiger charge is -2.21. The fourth-order valence-electron chi connectivity index (χ4n) is 1.96. The minimum atomic E-state index is -0.416. The maximum atomic E-state index is 13.1. The molecule has 90 valence electrons. The highest BCUT2D eigenvalue weighted by Gasteiger charge is 2.17. The van der Waals surface area contributed by atoms with Gasteiger partial charge in [-0.25, -0.2) is 4.39 Å². The Morgan fingerprint density at radius 3 is 2.78 bits per heavy atom. The van der Waals surface area contributed by atoms with Crippen LogP contribution in [0.4, 0.5) is 4.39 Å². The summed E-state index contributed by atoms with van der Waals surface area (Å²) >= 11 is 5.78. The zero-order chi connectivity index (χ0) is 12.5. The van der Waals surface area contributed by atoms with E-state index < -0.39 is 5.82 Å². The molecule has 0 amide bonds.